The van der Waals surface area contributed by atoms with Crippen LogP contribution in [-0.2, 0) is 4.74 Å². The van der Waals surface area contributed by atoms with Gasteiger partial charge in [-0.25, -0.2) is 4.79 Å². The fraction of sp³-hybridized carbons (Fsp3) is 0.312. The second-order valence-electron chi connectivity index (χ2n) is 5.76. The average Bonchev–Trinajstić information content (AvgIpc) is 2.69. The van der Waals surface area contributed by atoms with Gasteiger partial charge in [-0.2, -0.15) is 0 Å². The van der Waals surface area contributed by atoms with E-state index in [1.807, 2.05) is 57.3 Å². The summed E-state index contributed by atoms with van der Waals surface area (Å²) in [4.78, 5) is 12.3. The first-order valence-corrected chi connectivity index (χ1v) is 7.33. The van der Waals surface area contributed by atoms with Gasteiger partial charge in [-0.15, -0.1) is 11.3 Å². The second kappa shape index (κ2) is 5.29. The molecule has 1 aromatic carbocycles. The second-order valence-corrected chi connectivity index (χ2v) is 6.67. The fourth-order valence-electron chi connectivity index (χ4n) is 1.94. The van der Waals surface area contributed by atoms with E-state index >= 15 is 0 Å². The zero-order valence-electron chi connectivity index (χ0n) is 12.2. The van der Waals surface area contributed by atoms with Gasteiger partial charge in [0.05, 0.1) is 0 Å². The van der Waals surface area contributed by atoms with Gasteiger partial charge in [0.15, 0.2) is 0 Å². The molecule has 0 aliphatic heterocycles. The van der Waals surface area contributed by atoms with Gasteiger partial charge < -0.3 is 10.5 Å². The molecule has 0 spiro atoms. The maximum absolute atomic E-state index is 12.3. The van der Waals surface area contributed by atoms with E-state index in [2.05, 4.69) is 0 Å². The van der Waals surface area contributed by atoms with E-state index in [0.29, 0.717) is 10.6 Å². The molecule has 0 bridgehead atoms. The molecule has 2 N–H and O–H groups in total. The number of benzene rings is 1. The lowest BCUT2D eigenvalue weighted by Crippen LogP contribution is -2.24. The summed E-state index contributed by atoms with van der Waals surface area (Å²) >= 11 is 1.36. The van der Waals surface area contributed by atoms with E-state index in [9.17, 15) is 4.79 Å². The zero-order chi connectivity index (χ0) is 14.9. The number of rotatable bonds is 2. The van der Waals surface area contributed by atoms with Crippen LogP contribution in [0.25, 0.3) is 11.1 Å². The number of carbonyl (C=O) groups is 1. The maximum atomic E-state index is 12.3. The van der Waals surface area contributed by atoms with Crippen LogP contribution >= 0.6 is 11.3 Å². The Morgan fingerprint density at radius 2 is 2.00 bits per heavy atom. The molecule has 0 saturated carbocycles. The Bertz CT molecular complexity index is 638. The molecule has 0 atom stereocenters. The summed E-state index contributed by atoms with van der Waals surface area (Å²) in [7, 11) is 0. The molecule has 2 rings (SSSR count). The van der Waals surface area contributed by atoms with Gasteiger partial charge in [0.25, 0.3) is 0 Å². The summed E-state index contributed by atoms with van der Waals surface area (Å²) in [5, 5.41) is 2.40. The minimum Gasteiger partial charge on any atom is -0.456 e. The minimum absolute atomic E-state index is 0.368. The number of nitrogen functional groups attached to an aromatic ring is 1. The highest BCUT2D eigenvalue weighted by Crippen LogP contribution is 2.35. The largest absolute Gasteiger partial charge is 0.456 e. The topological polar surface area (TPSA) is 52.3 Å². The summed E-state index contributed by atoms with van der Waals surface area (Å²) in [5.74, 6) is -0.368. The van der Waals surface area contributed by atoms with Gasteiger partial charge in [0.2, 0.25) is 0 Å². The predicted molar refractivity (Wildman–Crippen MR) is 84.1 cm³/mol. The molecule has 2 aromatic rings. The third-order valence-corrected chi connectivity index (χ3v) is 3.56. The molecule has 1 heterocycles. The van der Waals surface area contributed by atoms with Crippen LogP contribution in [0.5, 0.6) is 0 Å². The van der Waals surface area contributed by atoms with E-state index in [-0.39, 0.29) is 5.97 Å². The number of hydrogen-bond acceptors (Lipinski definition) is 4. The SMILES string of the molecule is Cc1cccc(-c2csc(N)c2C(=O)OC(C)(C)C)c1. The smallest absolute Gasteiger partial charge is 0.342 e. The van der Waals surface area contributed by atoms with Crippen molar-refractivity contribution < 1.29 is 9.53 Å². The van der Waals surface area contributed by atoms with Crippen molar-refractivity contribution in [3.8, 4) is 11.1 Å². The monoisotopic (exact) mass is 289 g/mol. The molecular weight excluding hydrogens is 270 g/mol. The summed E-state index contributed by atoms with van der Waals surface area (Å²) < 4.78 is 5.44. The van der Waals surface area contributed by atoms with E-state index in [1.54, 1.807) is 0 Å². The Morgan fingerprint density at radius 3 is 2.60 bits per heavy atom. The summed E-state index contributed by atoms with van der Waals surface area (Å²) in [6.07, 6.45) is 0. The Kier molecular flexibility index (Phi) is 3.86. The van der Waals surface area contributed by atoms with Crippen molar-refractivity contribution in [1.29, 1.82) is 0 Å². The van der Waals surface area contributed by atoms with Crippen molar-refractivity contribution in [2.75, 3.05) is 5.73 Å². The van der Waals surface area contributed by atoms with Crippen molar-refractivity contribution in [3.05, 3.63) is 40.8 Å². The van der Waals surface area contributed by atoms with Gasteiger partial charge >= 0.3 is 5.97 Å². The lowest BCUT2D eigenvalue weighted by Gasteiger charge is -2.20. The predicted octanol–water partition coefficient (Wildman–Crippen LogP) is 4.26. The highest BCUT2D eigenvalue weighted by molar-refractivity contribution is 7.14. The van der Waals surface area contributed by atoms with Crippen molar-refractivity contribution in [3.63, 3.8) is 0 Å². The van der Waals surface area contributed by atoms with Crippen molar-refractivity contribution in [2.24, 2.45) is 0 Å². The molecule has 0 saturated heterocycles. The minimum atomic E-state index is -0.532. The van der Waals surface area contributed by atoms with E-state index in [0.717, 1.165) is 16.7 Å². The molecule has 0 aliphatic carbocycles. The van der Waals surface area contributed by atoms with Crippen LogP contribution in [0.1, 0.15) is 36.7 Å². The van der Waals surface area contributed by atoms with Gasteiger partial charge in [-0.05, 0) is 33.3 Å². The number of nitrogens with two attached hydrogens (primary N) is 1. The van der Waals surface area contributed by atoms with Crippen LogP contribution < -0.4 is 5.73 Å². The van der Waals surface area contributed by atoms with Crippen LogP contribution in [0.4, 0.5) is 5.00 Å². The van der Waals surface area contributed by atoms with Crippen molar-refractivity contribution in [1.82, 2.24) is 0 Å². The first-order valence-electron chi connectivity index (χ1n) is 6.45. The summed E-state index contributed by atoms with van der Waals surface area (Å²) in [6.45, 7) is 7.56. The van der Waals surface area contributed by atoms with Crippen LogP contribution in [0.15, 0.2) is 29.6 Å². The number of thiophene rings is 1. The number of carbonyl (C=O) groups excluding carboxylic acids is 1. The lowest BCUT2D eigenvalue weighted by molar-refractivity contribution is 0.00722. The molecule has 106 valence electrons. The van der Waals surface area contributed by atoms with Gasteiger partial charge in [0, 0.05) is 10.9 Å². The van der Waals surface area contributed by atoms with Crippen LogP contribution in [0, 0.1) is 6.92 Å². The van der Waals surface area contributed by atoms with Crippen molar-refractivity contribution >= 4 is 22.3 Å². The Balaban J connectivity index is 2.45. The van der Waals surface area contributed by atoms with E-state index in [4.69, 9.17) is 10.5 Å². The fourth-order valence-corrected chi connectivity index (χ4v) is 2.75. The molecule has 0 fully saturated rings. The molecule has 4 heteroatoms. The number of aryl methyl sites for hydroxylation is 1. The number of anilines is 1. The van der Waals surface area contributed by atoms with Crippen molar-refractivity contribution in [2.45, 2.75) is 33.3 Å². The average molecular weight is 289 g/mol. The maximum Gasteiger partial charge on any atom is 0.342 e. The number of ether oxygens (including phenoxy) is 1. The normalized spacial score (nSPS) is 11.4. The molecule has 1 aromatic heterocycles. The standard InChI is InChI=1S/C16H19NO2S/c1-10-6-5-7-11(8-10)12-9-20-14(17)13(12)15(18)19-16(2,3)4/h5-9H,17H2,1-4H3. The molecule has 0 amide bonds. The van der Waals surface area contributed by atoms with Gasteiger partial charge in [0.1, 0.15) is 16.2 Å². The van der Waals surface area contributed by atoms with Gasteiger partial charge in [-0.3, -0.25) is 0 Å². The summed E-state index contributed by atoms with van der Waals surface area (Å²) in [6, 6.07) is 8.00. The van der Waals surface area contributed by atoms with Crippen LogP contribution in [-0.4, -0.2) is 11.6 Å². The van der Waals surface area contributed by atoms with E-state index < -0.39 is 5.60 Å². The zero-order valence-corrected chi connectivity index (χ0v) is 13.0. The highest BCUT2D eigenvalue weighted by Gasteiger charge is 2.24. The Morgan fingerprint density at radius 1 is 1.30 bits per heavy atom. The number of esters is 1. The molecule has 0 aliphatic rings. The molecular formula is C16H19NO2S. The molecule has 3 nitrogen and oxygen atoms in total. The quantitative estimate of drug-likeness (QED) is 0.840. The van der Waals surface area contributed by atoms with Crippen LogP contribution in [0.3, 0.4) is 0 Å². The van der Waals surface area contributed by atoms with E-state index in [1.165, 1.54) is 11.3 Å². The molecule has 20 heavy (non-hydrogen) atoms. The Labute approximate surface area is 123 Å². The summed E-state index contributed by atoms with van der Waals surface area (Å²) in [5.41, 5.74) is 8.85. The lowest BCUT2D eigenvalue weighted by atomic mass is 10.0. The third kappa shape index (κ3) is 3.20. The molecule has 0 unspecified atom stereocenters. The first-order chi connectivity index (χ1) is 9.28. The molecule has 0 radical (unpaired) electrons. The van der Waals surface area contributed by atoms with Gasteiger partial charge in [-0.1, -0.05) is 29.8 Å². The third-order valence-electron chi connectivity index (χ3n) is 2.75. The Hall–Kier alpha value is -1.81. The first kappa shape index (κ1) is 14.6. The number of hydrogen-bond donors (Lipinski definition) is 1. The van der Waals surface area contributed by atoms with Crippen LogP contribution in [0.2, 0.25) is 0 Å². The highest BCUT2D eigenvalue weighted by atomic mass is 32.1.